The van der Waals surface area contributed by atoms with Crippen LogP contribution in [-0.4, -0.2) is 28.3 Å². The van der Waals surface area contributed by atoms with E-state index in [1.165, 1.54) is 4.52 Å². The largest absolute Gasteiger partial charge is 0.493 e. The lowest BCUT2D eigenvalue weighted by Gasteiger charge is -2.09. The Morgan fingerprint density at radius 1 is 1.12 bits per heavy atom. The van der Waals surface area contributed by atoms with Crippen molar-refractivity contribution in [1.29, 1.82) is 0 Å². The molecule has 0 amide bonds. The normalized spacial score (nSPS) is 11.6. The van der Waals surface area contributed by atoms with Gasteiger partial charge in [-0.1, -0.05) is 59.9 Å². The number of hydrogen-bond donors (Lipinski definition) is 0. The van der Waals surface area contributed by atoms with Crippen molar-refractivity contribution in [1.82, 2.24) is 14.6 Å². The summed E-state index contributed by atoms with van der Waals surface area (Å²) in [6, 6.07) is 13.2. The lowest BCUT2D eigenvalue weighted by atomic mass is 10.1. The summed E-state index contributed by atoms with van der Waals surface area (Å²) in [6.07, 6.45) is 3.68. The van der Waals surface area contributed by atoms with Crippen molar-refractivity contribution in [3.05, 3.63) is 103 Å². The molecule has 0 saturated carbocycles. The molecule has 0 bridgehead atoms. The third-order valence-electron chi connectivity index (χ3n) is 4.78. The predicted octanol–water partition coefficient (Wildman–Crippen LogP) is 2.53. The number of fused-ring (bicyclic) bond motifs is 1. The van der Waals surface area contributed by atoms with Crippen LogP contribution < -0.4 is 25.1 Å². The minimum Gasteiger partial charge on any atom is -0.493 e. The average molecular weight is 448 g/mol. The second-order valence-electron chi connectivity index (χ2n) is 7.15. The lowest BCUT2D eigenvalue weighted by Crippen LogP contribution is -2.28. The van der Waals surface area contributed by atoms with Crippen LogP contribution in [0.15, 0.2) is 64.7 Å². The van der Waals surface area contributed by atoms with Crippen molar-refractivity contribution in [3.63, 3.8) is 0 Å². The molecule has 0 unspecified atom stereocenters. The van der Waals surface area contributed by atoms with Crippen LogP contribution in [0.2, 0.25) is 0 Å². The molecule has 0 N–H and O–H groups in total. The Kier molecular flexibility index (Phi) is 6.13. The number of aromatic nitrogens is 3. The summed E-state index contributed by atoms with van der Waals surface area (Å²) in [5, 5.41) is 4.30. The smallest absolute Gasteiger partial charge is 0.296 e. The third kappa shape index (κ3) is 4.45. The van der Waals surface area contributed by atoms with E-state index in [2.05, 4.69) is 16.7 Å². The van der Waals surface area contributed by atoms with Crippen LogP contribution in [0.25, 0.3) is 11.0 Å². The fourth-order valence-corrected chi connectivity index (χ4v) is 4.05. The van der Waals surface area contributed by atoms with Crippen LogP contribution in [-0.2, 0) is 6.42 Å². The van der Waals surface area contributed by atoms with Gasteiger partial charge in [-0.3, -0.25) is 9.59 Å². The van der Waals surface area contributed by atoms with Gasteiger partial charge in [0, 0.05) is 6.42 Å². The SMILES string of the molecule is C=CCOc1ccc(/C=c2\sc3nc(=O)c(Cc4ccc(C)cc4)nn3c2=O)cc1OC. The Balaban J connectivity index is 1.73. The Morgan fingerprint density at radius 3 is 2.62 bits per heavy atom. The zero-order chi connectivity index (χ0) is 22.7. The van der Waals surface area contributed by atoms with E-state index in [-0.39, 0.29) is 16.2 Å². The van der Waals surface area contributed by atoms with Gasteiger partial charge in [0.15, 0.2) is 11.5 Å². The Labute approximate surface area is 187 Å². The maximum Gasteiger partial charge on any atom is 0.296 e. The minimum absolute atomic E-state index is 0.234. The Morgan fingerprint density at radius 2 is 1.91 bits per heavy atom. The summed E-state index contributed by atoms with van der Waals surface area (Å²) < 4.78 is 12.6. The predicted molar refractivity (Wildman–Crippen MR) is 125 cm³/mol. The van der Waals surface area contributed by atoms with Gasteiger partial charge in [0.25, 0.3) is 11.1 Å². The summed E-state index contributed by atoms with van der Waals surface area (Å²) in [7, 11) is 1.55. The van der Waals surface area contributed by atoms with E-state index >= 15 is 0 Å². The summed E-state index contributed by atoms with van der Waals surface area (Å²) in [6.45, 7) is 5.99. The van der Waals surface area contributed by atoms with E-state index in [9.17, 15) is 9.59 Å². The highest BCUT2D eigenvalue weighted by Gasteiger charge is 2.12. The summed E-state index contributed by atoms with van der Waals surface area (Å²) in [5.74, 6) is 1.12. The number of ether oxygens (including phenoxy) is 2. The molecule has 0 aliphatic heterocycles. The van der Waals surface area contributed by atoms with Crippen molar-refractivity contribution in [2.75, 3.05) is 13.7 Å². The van der Waals surface area contributed by atoms with Crippen molar-refractivity contribution < 1.29 is 9.47 Å². The molecular formula is C24H21N3O4S. The monoisotopic (exact) mass is 447 g/mol. The van der Waals surface area contributed by atoms with E-state index in [1.54, 1.807) is 31.4 Å². The van der Waals surface area contributed by atoms with Crippen LogP contribution in [0.1, 0.15) is 22.4 Å². The molecule has 7 nitrogen and oxygen atoms in total. The standard InChI is InChI=1S/C24H21N3O4S/c1-4-11-31-19-10-9-17(13-20(19)30-3)14-21-23(29)27-24(32-21)25-22(28)18(26-27)12-16-7-5-15(2)6-8-16/h4-10,13-14H,1,11-12H2,2-3H3/b21-14-. The highest BCUT2D eigenvalue weighted by Crippen LogP contribution is 2.28. The van der Waals surface area contributed by atoms with Gasteiger partial charge >= 0.3 is 0 Å². The fourth-order valence-electron chi connectivity index (χ4n) is 3.14. The number of benzene rings is 2. The number of nitrogens with zero attached hydrogens (tertiary/aromatic N) is 3. The van der Waals surface area contributed by atoms with E-state index in [1.807, 2.05) is 37.3 Å². The van der Waals surface area contributed by atoms with Gasteiger partial charge in [-0.15, -0.1) is 0 Å². The van der Waals surface area contributed by atoms with Gasteiger partial charge in [0.1, 0.15) is 12.3 Å². The van der Waals surface area contributed by atoms with Crippen LogP contribution in [0.3, 0.4) is 0 Å². The molecule has 0 aliphatic rings. The summed E-state index contributed by atoms with van der Waals surface area (Å²) in [4.78, 5) is 29.7. The van der Waals surface area contributed by atoms with Crippen LogP contribution in [0, 0.1) is 6.92 Å². The van der Waals surface area contributed by atoms with Gasteiger partial charge in [0.2, 0.25) is 4.96 Å². The van der Waals surface area contributed by atoms with E-state index < -0.39 is 5.56 Å². The molecule has 0 atom stereocenters. The molecule has 2 aromatic carbocycles. The highest BCUT2D eigenvalue weighted by molar-refractivity contribution is 7.15. The molecule has 0 fully saturated rings. The van der Waals surface area contributed by atoms with Gasteiger partial charge in [-0.2, -0.15) is 14.6 Å². The van der Waals surface area contributed by atoms with Gasteiger partial charge < -0.3 is 9.47 Å². The van der Waals surface area contributed by atoms with Crippen molar-refractivity contribution in [2.24, 2.45) is 0 Å². The Bertz CT molecular complexity index is 1460. The first-order valence-electron chi connectivity index (χ1n) is 9.90. The van der Waals surface area contributed by atoms with Crippen molar-refractivity contribution in [2.45, 2.75) is 13.3 Å². The fraction of sp³-hybridized carbons (Fsp3) is 0.167. The molecule has 2 heterocycles. The van der Waals surface area contributed by atoms with Crippen LogP contribution in [0.4, 0.5) is 0 Å². The average Bonchev–Trinajstić information content (AvgIpc) is 3.08. The van der Waals surface area contributed by atoms with E-state index in [4.69, 9.17) is 9.47 Å². The van der Waals surface area contributed by atoms with Crippen LogP contribution in [0.5, 0.6) is 11.5 Å². The molecule has 2 aromatic heterocycles. The zero-order valence-corrected chi connectivity index (χ0v) is 18.5. The van der Waals surface area contributed by atoms with E-state index in [0.717, 1.165) is 28.0 Å². The molecule has 0 radical (unpaired) electrons. The molecule has 4 aromatic rings. The molecule has 162 valence electrons. The number of aryl methyl sites for hydroxylation is 1. The van der Waals surface area contributed by atoms with Gasteiger partial charge in [-0.05, 0) is 36.3 Å². The maximum atomic E-state index is 12.9. The van der Waals surface area contributed by atoms with Crippen molar-refractivity contribution >= 4 is 22.4 Å². The second kappa shape index (κ2) is 9.15. The van der Waals surface area contributed by atoms with Crippen molar-refractivity contribution in [3.8, 4) is 11.5 Å². The Hall–Kier alpha value is -3.78. The molecule has 0 saturated heterocycles. The molecule has 4 rings (SSSR count). The maximum absolute atomic E-state index is 12.9. The summed E-state index contributed by atoms with van der Waals surface area (Å²) in [5.41, 5.74) is 2.29. The van der Waals surface area contributed by atoms with Gasteiger partial charge in [0.05, 0.1) is 11.6 Å². The number of thiazole rings is 1. The van der Waals surface area contributed by atoms with Gasteiger partial charge in [-0.25, -0.2) is 0 Å². The first-order valence-corrected chi connectivity index (χ1v) is 10.7. The first kappa shape index (κ1) is 21.5. The minimum atomic E-state index is -0.427. The van der Waals surface area contributed by atoms with Crippen LogP contribution >= 0.6 is 11.3 Å². The number of rotatable bonds is 7. The topological polar surface area (TPSA) is 82.8 Å². The molecule has 8 heteroatoms. The second-order valence-corrected chi connectivity index (χ2v) is 8.16. The van der Waals surface area contributed by atoms with E-state index in [0.29, 0.717) is 29.1 Å². The number of hydrogen-bond acceptors (Lipinski definition) is 7. The lowest BCUT2D eigenvalue weighted by molar-refractivity contribution is 0.326. The highest BCUT2D eigenvalue weighted by atomic mass is 32.1. The molecule has 0 spiro atoms. The zero-order valence-electron chi connectivity index (χ0n) is 17.7. The quantitative estimate of drug-likeness (QED) is 0.405. The number of methoxy groups -OCH3 is 1. The third-order valence-corrected chi connectivity index (χ3v) is 5.74. The molecule has 32 heavy (non-hydrogen) atoms. The first-order chi connectivity index (χ1) is 15.5. The molecule has 0 aliphatic carbocycles. The molecular weight excluding hydrogens is 426 g/mol. The summed E-state index contributed by atoms with van der Waals surface area (Å²) >= 11 is 1.12.